The van der Waals surface area contributed by atoms with Crippen LogP contribution in [-0.4, -0.2) is 31.0 Å². The largest absolute Gasteiger partial charge is 0.478 e. The highest BCUT2D eigenvalue weighted by Crippen LogP contribution is 2.24. The van der Waals surface area contributed by atoms with Gasteiger partial charge in [0.2, 0.25) is 0 Å². The number of pyridine rings is 1. The number of rotatable bonds is 5. The van der Waals surface area contributed by atoms with Crippen molar-refractivity contribution in [2.45, 2.75) is 30.7 Å². The molecule has 1 fully saturated rings. The van der Waals surface area contributed by atoms with Crippen LogP contribution < -0.4 is 4.72 Å². The number of carbonyl (C=O) groups is 1. The first-order valence-electron chi connectivity index (χ1n) is 6.18. The number of nitrogens with one attached hydrogen (secondary N) is 1. The molecular formula is C12H16N2O4S. The Bertz CT molecular complexity index is 548. The van der Waals surface area contributed by atoms with E-state index in [-0.39, 0.29) is 10.6 Å². The van der Waals surface area contributed by atoms with Crippen LogP contribution >= 0.6 is 0 Å². The summed E-state index contributed by atoms with van der Waals surface area (Å²) in [5.41, 5.74) is -0.0326. The number of aromatic nitrogens is 1. The van der Waals surface area contributed by atoms with Crippen LogP contribution in [0.4, 0.5) is 0 Å². The Hall–Kier alpha value is -1.47. The molecule has 6 nitrogen and oxygen atoms in total. The van der Waals surface area contributed by atoms with E-state index in [0.29, 0.717) is 12.5 Å². The van der Waals surface area contributed by atoms with Crippen molar-refractivity contribution in [1.29, 1.82) is 0 Å². The molecule has 0 saturated heterocycles. The normalized spacial score (nSPS) is 16.6. The second-order valence-electron chi connectivity index (χ2n) is 4.69. The maximum Gasteiger partial charge on any atom is 0.337 e. The molecular weight excluding hydrogens is 268 g/mol. The fourth-order valence-corrected chi connectivity index (χ4v) is 3.22. The number of hydrogen-bond acceptors (Lipinski definition) is 4. The maximum absolute atomic E-state index is 11.9. The van der Waals surface area contributed by atoms with Crippen LogP contribution in [0.5, 0.6) is 0 Å². The summed E-state index contributed by atoms with van der Waals surface area (Å²) in [5.74, 6) is -0.733. The van der Waals surface area contributed by atoms with Crippen molar-refractivity contribution < 1.29 is 18.3 Å². The Kier molecular flexibility index (Phi) is 4.16. The Balaban J connectivity index is 2.03. The second-order valence-corrected chi connectivity index (χ2v) is 6.41. The molecule has 1 aliphatic rings. The molecule has 0 bridgehead atoms. The molecule has 1 aromatic rings. The molecule has 1 heterocycles. The summed E-state index contributed by atoms with van der Waals surface area (Å²) in [6.45, 7) is 0.421. The van der Waals surface area contributed by atoms with Gasteiger partial charge in [-0.15, -0.1) is 0 Å². The summed E-state index contributed by atoms with van der Waals surface area (Å²) in [7, 11) is -3.64. The summed E-state index contributed by atoms with van der Waals surface area (Å²) in [5, 5.41) is 8.58. The second kappa shape index (κ2) is 5.66. The number of carboxylic acid groups (broad SMARTS) is 1. The first-order chi connectivity index (χ1) is 8.99. The SMILES string of the molecule is O=C(O)c1ccc(S(=O)(=O)NCC2CCCC2)nc1. The Morgan fingerprint density at radius 3 is 2.58 bits per heavy atom. The van der Waals surface area contributed by atoms with E-state index in [2.05, 4.69) is 9.71 Å². The van der Waals surface area contributed by atoms with E-state index in [1.165, 1.54) is 12.1 Å². The molecule has 0 radical (unpaired) electrons. The standard InChI is InChI=1S/C12H16N2O4S/c15-12(16)10-5-6-11(13-8-10)19(17,18)14-7-9-3-1-2-4-9/h5-6,8-9,14H,1-4,7H2,(H,15,16). The minimum absolute atomic E-state index is 0.0326. The Labute approximate surface area is 111 Å². The van der Waals surface area contributed by atoms with Crippen molar-refractivity contribution >= 4 is 16.0 Å². The van der Waals surface area contributed by atoms with Gasteiger partial charge in [-0.25, -0.2) is 22.9 Å². The summed E-state index contributed by atoms with van der Waals surface area (Å²) in [6, 6.07) is 2.44. The number of sulfonamides is 1. The third-order valence-electron chi connectivity index (χ3n) is 3.30. The fraction of sp³-hybridized carbons (Fsp3) is 0.500. The summed E-state index contributed by atoms with van der Waals surface area (Å²) >= 11 is 0. The minimum atomic E-state index is -3.64. The van der Waals surface area contributed by atoms with Gasteiger partial charge in [-0.3, -0.25) is 0 Å². The molecule has 1 saturated carbocycles. The maximum atomic E-state index is 11.9. The third kappa shape index (κ3) is 3.51. The molecule has 104 valence electrons. The molecule has 7 heteroatoms. The molecule has 1 aliphatic carbocycles. The van der Waals surface area contributed by atoms with E-state index >= 15 is 0 Å². The predicted octanol–water partition coefficient (Wildman–Crippen LogP) is 1.25. The van der Waals surface area contributed by atoms with Crippen molar-refractivity contribution in [3.63, 3.8) is 0 Å². The van der Waals surface area contributed by atoms with Gasteiger partial charge in [0, 0.05) is 12.7 Å². The van der Waals surface area contributed by atoms with Gasteiger partial charge in [-0.05, 0) is 30.9 Å². The average Bonchev–Trinajstić information content (AvgIpc) is 2.90. The lowest BCUT2D eigenvalue weighted by molar-refractivity contribution is 0.0696. The van der Waals surface area contributed by atoms with Gasteiger partial charge >= 0.3 is 5.97 Å². The molecule has 0 aromatic carbocycles. The number of nitrogens with zero attached hydrogens (tertiary/aromatic N) is 1. The third-order valence-corrected chi connectivity index (χ3v) is 4.63. The van der Waals surface area contributed by atoms with Crippen LogP contribution in [-0.2, 0) is 10.0 Å². The fourth-order valence-electron chi connectivity index (χ4n) is 2.18. The zero-order valence-electron chi connectivity index (χ0n) is 10.4. The van der Waals surface area contributed by atoms with Crippen molar-refractivity contribution in [2.24, 2.45) is 5.92 Å². The topological polar surface area (TPSA) is 96.4 Å². The first kappa shape index (κ1) is 14.0. The van der Waals surface area contributed by atoms with Crippen molar-refractivity contribution in [3.8, 4) is 0 Å². The van der Waals surface area contributed by atoms with E-state index < -0.39 is 16.0 Å². The summed E-state index contributed by atoms with van der Waals surface area (Å²) in [4.78, 5) is 14.3. The lowest BCUT2D eigenvalue weighted by Crippen LogP contribution is -2.29. The van der Waals surface area contributed by atoms with Crippen LogP contribution in [0.3, 0.4) is 0 Å². The Morgan fingerprint density at radius 2 is 2.05 bits per heavy atom. The van der Waals surface area contributed by atoms with Crippen molar-refractivity contribution in [3.05, 3.63) is 23.9 Å². The van der Waals surface area contributed by atoms with Gasteiger partial charge < -0.3 is 5.11 Å². The highest BCUT2D eigenvalue weighted by molar-refractivity contribution is 7.89. The predicted molar refractivity (Wildman–Crippen MR) is 68.3 cm³/mol. The highest BCUT2D eigenvalue weighted by Gasteiger charge is 2.20. The molecule has 1 aromatic heterocycles. The Morgan fingerprint density at radius 1 is 1.37 bits per heavy atom. The quantitative estimate of drug-likeness (QED) is 0.848. The number of carboxylic acids is 1. The monoisotopic (exact) mass is 284 g/mol. The first-order valence-corrected chi connectivity index (χ1v) is 7.66. The van der Waals surface area contributed by atoms with Crippen LogP contribution in [0.25, 0.3) is 0 Å². The number of hydrogen-bond donors (Lipinski definition) is 2. The van der Waals surface area contributed by atoms with Gasteiger partial charge in [0.1, 0.15) is 0 Å². The van der Waals surface area contributed by atoms with Crippen LogP contribution in [0.15, 0.2) is 23.4 Å². The summed E-state index contributed by atoms with van der Waals surface area (Å²) < 4.78 is 26.4. The van der Waals surface area contributed by atoms with Gasteiger partial charge in [0.25, 0.3) is 10.0 Å². The zero-order valence-corrected chi connectivity index (χ0v) is 11.2. The van der Waals surface area contributed by atoms with E-state index in [4.69, 9.17) is 5.11 Å². The van der Waals surface area contributed by atoms with Gasteiger partial charge in [-0.1, -0.05) is 12.8 Å². The molecule has 2 rings (SSSR count). The van der Waals surface area contributed by atoms with Crippen molar-refractivity contribution in [2.75, 3.05) is 6.54 Å². The smallest absolute Gasteiger partial charge is 0.337 e. The van der Waals surface area contributed by atoms with Gasteiger partial charge in [0.05, 0.1) is 5.56 Å². The van der Waals surface area contributed by atoms with Crippen molar-refractivity contribution in [1.82, 2.24) is 9.71 Å². The van der Waals surface area contributed by atoms with Crippen LogP contribution in [0, 0.1) is 5.92 Å². The molecule has 0 amide bonds. The lowest BCUT2D eigenvalue weighted by Gasteiger charge is -2.10. The summed E-state index contributed by atoms with van der Waals surface area (Å²) in [6.07, 6.45) is 5.45. The minimum Gasteiger partial charge on any atom is -0.478 e. The molecule has 0 aliphatic heterocycles. The lowest BCUT2D eigenvalue weighted by atomic mass is 10.1. The van der Waals surface area contributed by atoms with E-state index in [9.17, 15) is 13.2 Å². The highest BCUT2D eigenvalue weighted by atomic mass is 32.2. The molecule has 0 unspecified atom stereocenters. The van der Waals surface area contributed by atoms with Gasteiger partial charge in [-0.2, -0.15) is 0 Å². The zero-order chi connectivity index (χ0) is 13.9. The van der Waals surface area contributed by atoms with E-state index in [0.717, 1.165) is 31.9 Å². The molecule has 19 heavy (non-hydrogen) atoms. The number of aromatic carboxylic acids is 1. The van der Waals surface area contributed by atoms with E-state index in [1.807, 2.05) is 0 Å². The molecule has 2 N–H and O–H groups in total. The van der Waals surface area contributed by atoms with Crippen LogP contribution in [0.1, 0.15) is 36.0 Å². The van der Waals surface area contributed by atoms with Gasteiger partial charge in [0.15, 0.2) is 5.03 Å². The molecule has 0 atom stereocenters. The van der Waals surface area contributed by atoms with Crippen LogP contribution in [0.2, 0.25) is 0 Å². The van der Waals surface area contributed by atoms with E-state index in [1.54, 1.807) is 0 Å². The molecule has 0 spiro atoms. The average molecular weight is 284 g/mol.